The van der Waals surface area contributed by atoms with Crippen molar-refractivity contribution in [3.8, 4) is 22.8 Å². The molecule has 1 fully saturated rings. The van der Waals surface area contributed by atoms with Crippen molar-refractivity contribution in [1.29, 1.82) is 0 Å². The quantitative estimate of drug-likeness (QED) is 0.305. The molecule has 0 bridgehead atoms. The van der Waals surface area contributed by atoms with Gasteiger partial charge in [-0.25, -0.2) is 14.6 Å². The predicted octanol–water partition coefficient (Wildman–Crippen LogP) is 4.77. The van der Waals surface area contributed by atoms with E-state index < -0.39 is 0 Å². The van der Waals surface area contributed by atoms with Crippen LogP contribution < -0.4 is 14.8 Å². The van der Waals surface area contributed by atoms with Crippen LogP contribution in [0.5, 0.6) is 11.5 Å². The lowest BCUT2D eigenvalue weighted by atomic mass is 9.98. The highest BCUT2D eigenvalue weighted by Gasteiger charge is 2.20. The number of carbonyl (C=O) groups is 1. The first-order chi connectivity index (χ1) is 19.4. The highest BCUT2D eigenvalue weighted by molar-refractivity contribution is 5.95. The molecule has 0 spiro atoms. The summed E-state index contributed by atoms with van der Waals surface area (Å²) >= 11 is 0. The Morgan fingerprint density at radius 3 is 2.55 bits per heavy atom. The first-order valence-electron chi connectivity index (χ1n) is 13.9. The molecule has 40 heavy (non-hydrogen) atoms. The molecule has 0 atom stereocenters. The lowest BCUT2D eigenvalue weighted by Crippen LogP contribution is -2.35. The molecule has 0 aliphatic carbocycles. The summed E-state index contributed by atoms with van der Waals surface area (Å²) < 4.78 is 13.5. The van der Waals surface area contributed by atoms with Crippen molar-refractivity contribution in [1.82, 2.24) is 29.9 Å². The zero-order valence-electron chi connectivity index (χ0n) is 23.6. The van der Waals surface area contributed by atoms with E-state index in [1.807, 2.05) is 50.2 Å². The molecular weight excluding hydrogens is 506 g/mol. The largest absolute Gasteiger partial charge is 0.493 e. The van der Waals surface area contributed by atoms with Gasteiger partial charge >= 0.3 is 0 Å². The Kier molecular flexibility index (Phi) is 8.54. The van der Waals surface area contributed by atoms with Crippen LogP contribution in [0.1, 0.15) is 45.2 Å². The fourth-order valence-electron chi connectivity index (χ4n) is 4.96. The maximum absolute atomic E-state index is 12.5. The van der Waals surface area contributed by atoms with Crippen LogP contribution >= 0.6 is 0 Å². The van der Waals surface area contributed by atoms with Crippen LogP contribution in [0.3, 0.4) is 0 Å². The Morgan fingerprint density at radius 2 is 1.88 bits per heavy atom. The summed E-state index contributed by atoms with van der Waals surface area (Å²) in [6.07, 6.45) is 5.65. The third kappa shape index (κ3) is 6.39. The Bertz CT molecular complexity index is 1440. The van der Waals surface area contributed by atoms with Gasteiger partial charge in [-0.3, -0.25) is 4.79 Å². The normalized spacial score (nSPS) is 14.5. The first-order valence-corrected chi connectivity index (χ1v) is 13.9. The standard InChI is InChI=1S/C30H37N7O3/c1-5-36-12-10-21(11-13-36)18-40-28-15-25-24(14-27(28)39-4)30(32-19-31-25)22-6-8-23(9-7-22)33-29(38)17-37-16-26(20(2)3)34-35-37/h6-9,14-16,19-21H,5,10-13,17-18H2,1-4H3,(H,33,38). The lowest BCUT2D eigenvalue weighted by Gasteiger charge is -2.30. The van der Waals surface area contributed by atoms with Gasteiger partial charge in [0.05, 0.1) is 30.6 Å². The van der Waals surface area contributed by atoms with Gasteiger partial charge in [-0.15, -0.1) is 5.10 Å². The Labute approximate surface area is 234 Å². The molecule has 1 saturated heterocycles. The Morgan fingerprint density at radius 1 is 1.10 bits per heavy atom. The van der Waals surface area contributed by atoms with Gasteiger partial charge in [0.25, 0.3) is 0 Å². The van der Waals surface area contributed by atoms with E-state index in [1.54, 1.807) is 24.3 Å². The summed E-state index contributed by atoms with van der Waals surface area (Å²) in [6.45, 7) is 10.4. The van der Waals surface area contributed by atoms with Crippen molar-refractivity contribution < 1.29 is 14.3 Å². The Hall–Kier alpha value is -4.05. The van der Waals surface area contributed by atoms with E-state index in [1.165, 1.54) is 0 Å². The highest BCUT2D eigenvalue weighted by atomic mass is 16.5. The van der Waals surface area contributed by atoms with Gasteiger partial charge in [0, 0.05) is 28.9 Å². The van der Waals surface area contributed by atoms with Gasteiger partial charge in [0.1, 0.15) is 12.9 Å². The lowest BCUT2D eigenvalue weighted by molar-refractivity contribution is -0.116. The SMILES string of the molecule is CCN1CCC(COc2cc3ncnc(-c4ccc(NC(=O)Cn5cc(C(C)C)nn5)cc4)c3cc2OC)CC1. The zero-order chi connectivity index (χ0) is 28.1. The number of fused-ring (bicyclic) bond motifs is 1. The number of hydrogen-bond donors (Lipinski definition) is 1. The van der Waals surface area contributed by atoms with Crippen molar-refractivity contribution in [2.24, 2.45) is 5.92 Å². The summed E-state index contributed by atoms with van der Waals surface area (Å²) in [5, 5.41) is 11.9. The molecule has 0 radical (unpaired) electrons. The van der Waals surface area contributed by atoms with Crippen molar-refractivity contribution in [3.05, 3.63) is 54.6 Å². The molecule has 1 amide bonds. The smallest absolute Gasteiger partial charge is 0.246 e. The molecule has 10 nitrogen and oxygen atoms in total. The molecule has 0 saturated carbocycles. The van der Waals surface area contributed by atoms with E-state index in [4.69, 9.17) is 9.47 Å². The topological polar surface area (TPSA) is 107 Å². The molecule has 1 aliphatic heterocycles. The summed E-state index contributed by atoms with van der Waals surface area (Å²) in [6, 6.07) is 11.5. The fraction of sp³-hybridized carbons (Fsp3) is 0.433. The number of nitrogens with one attached hydrogen (secondary N) is 1. The van der Waals surface area contributed by atoms with Crippen molar-refractivity contribution >= 4 is 22.5 Å². The Balaban J connectivity index is 1.28. The van der Waals surface area contributed by atoms with E-state index in [-0.39, 0.29) is 18.4 Å². The summed E-state index contributed by atoms with van der Waals surface area (Å²) in [7, 11) is 1.65. The minimum Gasteiger partial charge on any atom is -0.493 e. The molecular formula is C30H37N7O3. The number of methoxy groups -OCH3 is 1. The number of piperidine rings is 1. The van der Waals surface area contributed by atoms with Crippen LogP contribution in [-0.4, -0.2) is 69.1 Å². The van der Waals surface area contributed by atoms with Crippen molar-refractivity contribution in [3.63, 3.8) is 0 Å². The minimum atomic E-state index is -0.173. The van der Waals surface area contributed by atoms with Crippen molar-refractivity contribution in [2.45, 2.75) is 46.1 Å². The number of hydrogen-bond acceptors (Lipinski definition) is 8. The molecule has 210 valence electrons. The molecule has 1 N–H and O–H groups in total. The second kappa shape index (κ2) is 12.4. The van der Waals surface area contributed by atoms with Gasteiger partial charge in [0.15, 0.2) is 11.5 Å². The van der Waals surface area contributed by atoms with E-state index in [2.05, 4.69) is 37.4 Å². The average molecular weight is 544 g/mol. The maximum atomic E-state index is 12.5. The number of carbonyl (C=O) groups excluding carboxylic acids is 1. The van der Waals surface area contributed by atoms with Crippen molar-refractivity contribution in [2.75, 3.05) is 38.7 Å². The number of anilines is 1. The third-order valence-electron chi connectivity index (χ3n) is 7.45. The zero-order valence-corrected chi connectivity index (χ0v) is 23.6. The molecule has 2 aromatic heterocycles. The van der Waals surface area contributed by atoms with E-state index in [0.717, 1.165) is 60.3 Å². The molecule has 4 aromatic rings. The second-order valence-corrected chi connectivity index (χ2v) is 10.6. The molecule has 10 heteroatoms. The van der Waals surface area contributed by atoms with Crippen LogP contribution in [-0.2, 0) is 11.3 Å². The summed E-state index contributed by atoms with van der Waals surface area (Å²) in [5.41, 5.74) is 4.02. The van der Waals surface area contributed by atoms with E-state index in [0.29, 0.717) is 29.7 Å². The summed E-state index contributed by atoms with van der Waals surface area (Å²) in [5.74, 6) is 1.98. The molecule has 2 aromatic carbocycles. The van der Waals surface area contributed by atoms with Crippen LogP contribution in [0.15, 0.2) is 48.9 Å². The number of ether oxygens (including phenoxy) is 2. The molecule has 0 unspecified atom stereocenters. The van der Waals surface area contributed by atoms with E-state index in [9.17, 15) is 4.79 Å². The number of likely N-dealkylation sites (tertiary alicyclic amines) is 1. The number of aromatic nitrogens is 5. The molecule has 5 rings (SSSR count). The first kappa shape index (κ1) is 27.5. The number of amides is 1. The van der Waals surface area contributed by atoms with E-state index >= 15 is 0 Å². The van der Waals surface area contributed by atoms with Crippen LogP contribution in [0.4, 0.5) is 5.69 Å². The highest BCUT2D eigenvalue weighted by Crippen LogP contribution is 2.36. The molecule has 1 aliphatic rings. The third-order valence-corrected chi connectivity index (χ3v) is 7.45. The fourth-order valence-corrected chi connectivity index (χ4v) is 4.96. The van der Waals surface area contributed by atoms with Gasteiger partial charge in [-0.1, -0.05) is 38.1 Å². The monoisotopic (exact) mass is 543 g/mol. The van der Waals surface area contributed by atoms with Gasteiger partial charge in [-0.05, 0) is 62.5 Å². The maximum Gasteiger partial charge on any atom is 0.246 e. The van der Waals surface area contributed by atoms with Crippen LogP contribution in [0, 0.1) is 5.92 Å². The number of rotatable bonds is 10. The average Bonchev–Trinajstić information content (AvgIpc) is 3.44. The predicted molar refractivity (Wildman–Crippen MR) is 155 cm³/mol. The van der Waals surface area contributed by atoms with Crippen LogP contribution in [0.25, 0.3) is 22.2 Å². The van der Waals surface area contributed by atoms with Gasteiger partial charge < -0.3 is 19.7 Å². The number of nitrogens with zero attached hydrogens (tertiary/aromatic N) is 6. The minimum absolute atomic E-state index is 0.0974. The number of benzene rings is 2. The summed E-state index contributed by atoms with van der Waals surface area (Å²) in [4.78, 5) is 24.1. The second-order valence-electron chi connectivity index (χ2n) is 10.6. The van der Waals surface area contributed by atoms with Gasteiger partial charge in [-0.2, -0.15) is 0 Å². The van der Waals surface area contributed by atoms with Crippen LogP contribution in [0.2, 0.25) is 0 Å². The van der Waals surface area contributed by atoms with Gasteiger partial charge in [0.2, 0.25) is 5.91 Å². The molecule has 3 heterocycles.